The van der Waals surface area contributed by atoms with E-state index < -0.39 is 6.04 Å². The van der Waals surface area contributed by atoms with Gasteiger partial charge >= 0.3 is 0 Å². The molecule has 5 heteroatoms. The summed E-state index contributed by atoms with van der Waals surface area (Å²) >= 11 is 0. The molecule has 37 heavy (non-hydrogen) atoms. The SMILES string of the molecule is Cc1ccc(CN(C(=O)COc2ccc(C(C)(C)C)cc2)[C@@H](Cc2ccccc2)C(=O)NC(C)C)cc1. The van der Waals surface area contributed by atoms with Gasteiger partial charge in [-0.05, 0) is 55.0 Å². The molecule has 3 aromatic carbocycles. The van der Waals surface area contributed by atoms with Crippen LogP contribution < -0.4 is 10.1 Å². The first kappa shape index (κ1) is 28.0. The maximum atomic E-state index is 13.7. The van der Waals surface area contributed by atoms with Crippen LogP contribution >= 0.6 is 0 Å². The second-order valence-corrected chi connectivity index (χ2v) is 10.9. The number of rotatable bonds is 10. The average Bonchev–Trinajstić information content (AvgIpc) is 2.85. The van der Waals surface area contributed by atoms with Crippen molar-refractivity contribution in [3.8, 4) is 5.75 Å². The van der Waals surface area contributed by atoms with Gasteiger partial charge < -0.3 is 15.0 Å². The molecule has 0 saturated carbocycles. The molecule has 1 atom stereocenters. The van der Waals surface area contributed by atoms with Gasteiger partial charge in [-0.25, -0.2) is 0 Å². The zero-order chi connectivity index (χ0) is 27.0. The van der Waals surface area contributed by atoms with E-state index >= 15 is 0 Å². The van der Waals surface area contributed by atoms with Gasteiger partial charge in [0.25, 0.3) is 5.91 Å². The fourth-order valence-corrected chi connectivity index (χ4v) is 4.10. The lowest BCUT2D eigenvalue weighted by Gasteiger charge is -2.32. The van der Waals surface area contributed by atoms with Crippen LogP contribution in [0.15, 0.2) is 78.9 Å². The highest BCUT2D eigenvalue weighted by Gasteiger charge is 2.31. The predicted octanol–water partition coefficient (Wildman–Crippen LogP) is 5.84. The third-order valence-corrected chi connectivity index (χ3v) is 6.26. The Bertz CT molecular complexity index is 1150. The lowest BCUT2D eigenvalue weighted by Crippen LogP contribution is -2.52. The van der Waals surface area contributed by atoms with Crippen LogP contribution in [0.4, 0.5) is 0 Å². The summed E-state index contributed by atoms with van der Waals surface area (Å²) in [5, 5.41) is 3.01. The zero-order valence-electron chi connectivity index (χ0n) is 23.0. The van der Waals surface area contributed by atoms with Gasteiger partial charge in [0.2, 0.25) is 5.91 Å². The van der Waals surface area contributed by atoms with Crippen LogP contribution in [-0.4, -0.2) is 35.4 Å². The number of hydrogen-bond acceptors (Lipinski definition) is 3. The largest absolute Gasteiger partial charge is 0.484 e. The van der Waals surface area contributed by atoms with Crippen molar-refractivity contribution in [3.63, 3.8) is 0 Å². The minimum Gasteiger partial charge on any atom is -0.484 e. The number of amides is 2. The zero-order valence-corrected chi connectivity index (χ0v) is 23.0. The third kappa shape index (κ3) is 8.49. The van der Waals surface area contributed by atoms with E-state index in [2.05, 4.69) is 26.1 Å². The summed E-state index contributed by atoms with van der Waals surface area (Å²) in [4.78, 5) is 28.7. The topological polar surface area (TPSA) is 58.6 Å². The summed E-state index contributed by atoms with van der Waals surface area (Å²) in [7, 11) is 0. The predicted molar refractivity (Wildman–Crippen MR) is 150 cm³/mol. The Morgan fingerprint density at radius 1 is 0.865 bits per heavy atom. The first-order valence-electron chi connectivity index (χ1n) is 13.0. The van der Waals surface area contributed by atoms with Gasteiger partial charge in [0, 0.05) is 19.0 Å². The minimum absolute atomic E-state index is 0.0353. The van der Waals surface area contributed by atoms with Gasteiger partial charge in [0.1, 0.15) is 11.8 Å². The Balaban J connectivity index is 1.87. The number of nitrogens with zero attached hydrogens (tertiary/aromatic N) is 1. The van der Waals surface area contributed by atoms with Crippen molar-refractivity contribution in [2.45, 2.75) is 72.0 Å². The molecule has 0 aliphatic rings. The molecule has 196 valence electrons. The smallest absolute Gasteiger partial charge is 0.261 e. The summed E-state index contributed by atoms with van der Waals surface area (Å²) in [6, 6.07) is 25.0. The number of carbonyl (C=O) groups excluding carboxylic acids is 2. The molecular weight excluding hydrogens is 460 g/mol. The van der Waals surface area contributed by atoms with Gasteiger partial charge in [-0.2, -0.15) is 0 Å². The van der Waals surface area contributed by atoms with Gasteiger partial charge in [0.05, 0.1) is 0 Å². The molecule has 0 aromatic heterocycles. The Kier molecular flexibility index (Phi) is 9.51. The molecule has 0 aliphatic heterocycles. The molecule has 0 aliphatic carbocycles. The van der Waals surface area contributed by atoms with Crippen molar-refractivity contribution in [1.82, 2.24) is 10.2 Å². The third-order valence-electron chi connectivity index (χ3n) is 6.26. The monoisotopic (exact) mass is 500 g/mol. The highest BCUT2D eigenvalue weighted by molar-refractivity contribution is 5.88. The summed E-state index contributed by atoms with van der Waals surface area (Å²) in [6.45, 7) is 12.5. The van der Waals surface area contributed by atoms with E-state index in [9.17, 15) is 9.59 Å². The fourth-order valence-electron chi connectivity index (χ4n) is 4.10. The second-order valence-electron chi connectivity index (χ2n) is 10.9. The standard InChI is InChI=1S/C32H40N2O3/c1-23(2)33-31(36)29(20-25-10-8-7-9-11-25)34(21-26-14-12-24(3)13-15-26)30(35)22-37-28-18-16-27(17-19-28)32(4,5)6/h7-19,23,29H,20-22H2,1-6H3,(H,33,36)/t29-/m0/s1. The molecule has 2 amide bonds. The van der Waals surface area contributed by atoms with E-state index in [-0.39, 0.29) is 29.9 Å². The van der Waals surface area contributed by atoms with Gasteiger partial charge in [0.15, 0.2) is 6.61 Å². The van der Waals surface area contributed by atoms with E-state index in [1.807, 2.05) is 99.6 Å². The van der Waals surface area contributed by atoms with Crippen LogP contribution in [0.1, 0.15) is 56.9 Å². The quantitative estimate of drug-likeness (QED) is 0.381. The first-order valence-corrected chi connectivity index (χ1v) is 13.0. The van der Waals surface area contributed by atoms with Crippen molar-refractivity contribution in [2.75, 3.05) is 6.61 Å². The molecule has 0 unspecified atom stereocenters. The molecule has 1 N–H and O–H groups in total. The van der Waals surface area contributed by atoms with Crippen LogP contribution in [-0.2, 0) is 28.0 Å². The normalized spacial score (nSPS) is 12.2. The summed E-state index contributed by atoms with van der Waals surface area (Å²) < 4.78 is 5.91. The number of nitrogens with one attached hydrogen (secondary N) is 1. The van der Waals surface area contributed by atoms with Crippen LogP contribution in [0, 0.1) is 6.92 Å². The lowest BCUT2D eigenvalue weighted by molar-refractivity contribution is -0.143. The van der Waals surface area contributed by atoms with Crippen LogP contribution in [0.3, 0.4) is 0 Å². The van der Waals surface area contributed by atoms with Crippen LogP contribution in [0.2, 0.25) is 0 Å². The molecule has 3 rings (SSSR count). The molecular formula is C32H40N2O3. The maximum Gasteiger partial charge on any atom is 0.261 e. The van der Waals surface area contributed by atoms with Crippen molar-refractivity contribution < 1.29 is 14.3 Å². The molecule has 0 saturated heterocycles. The Morgan fingerprint density at radius 3 is 2.05 bits per heavy atom. The number of benzene rings is 3. The molecule has 0 heterocycles. The van der Waals surface area contributed by atoms with Crippen molar-refractivity contribution in [2.24, 2.45) is 0 Å². The number of ether oxygens (including phenoxy) is 1. The molecule has 0 spiro atoms. The highest BCUT2D eigenvalue weighted by atomic mass is 16.5. The Labute approximate surface area is 221 Å². The summed E-state index contributed by atoms with van der Waals surface area (Å²) in [5.41, 5.74) is 4.33. The van der Waals surface area contributed by atoms with E-state index in [0.717, 1.165) is 16.7 Å². The minimum atomic E-state index is -0.675. The highest BCUT2D eigenvalue weighted by Crippen LogP contribution is 2.24. The molecule has 5 nitrogen and oxygen atoms in total. The van der Waals surface area contributed by atoms with Crippen molar-refractivity contribution in [3.05, 3.63) is 101 Å². The number of carbonyl (C=O) groups is 2. The summed E-state index contributed by atoms with van der Waals surface area (Å²) in [6.07, 6.45) is 0.414. The van der Waals surface area contributed by atoms with E-state index in [1.165, 1.54) is 5.56 Å². The molecule has 0 radical (unpaired) electrons. The van der Waals surface area contributed by atoms with Crippen molar-refractivity contribution in [1.29, 1.82) is 0 Å². The van der Waals surface area contributed by atoms with Gasteiger partial charge in [-0.15, -0.1) is 0 Å². The lowest BCUT2D eigenvalue weighted by atomic mass is 9.87. The van der Waals surface area contributed by atoms with E-state index in [1.54, 1.807) is 4.90 Å². The van der Waals surface area contributed by atoms with Crippen LogP contribution in [0.5, 0.6) is 5.75 Å². The molecule has 0 bridgehead atoms. The number of hydrogen-bond donors (Lipinski definition) is 1. The maximum absolute atomic E-state index is 13.7. The second kappa shape index (κ2) is 12.6. The fraction of sp³-hybridized carbons (Fsp3) is 0.375. The van der Waals surface area contributed by atoms with Gasteiger partial charge in [-0.3, -0.25) is 9.59 Å². The Hall–Kier alpha value is -3.60. The molecule has 3 aromatic rings. The average molecular weight is 501 g/mol. The molecule has 0 fully saturated rings. The Morgan fingerprint density at radius 2 is 1.49 bits per heavy atom. The first-order chi connectivity index (χ1) is 17.5. The number of aryl methyl sites for hydroxylation is 1. The van der Waals surface area contributed by atoms with Gasteiger partial charge in [-0.1, -0.05) is 93.1 Å². The van der Waals surface area contributed by atoms with E-state index in [4.69, 9.17) is 4.74 Å². The summed E-state index contributed by atoms with van der Waals surface area (Å²) in [5.74, 6) is 0.219. The van der Waals surface area contributed by atoms with E-state index in [0.29, 0.717) is 18.7 Å². The van der Waals surface area contributed by atoms with Crippen LogP contribution in [0.25, 0.3) is 0 Å². The van der Waals surface area contributed by atoms with Crippen molar-refractivity contribution >= 4 is 11.8 Å².